The van der Waals surface area contributed by atoms with Crippen molar-refractivity contribution >= 4 is 11.6 Å². The third-order valence-corrected chi connectivity index (χ3v) is 3.24. The van der Waals surface area contributed by atoms with Crippen LogP contribution >= 0.6 is 0 Å². The molecule has 0 atom stereocenters. The molecule has 0 radical (unpaired) electrons. The lowest BCUT2D eigenvalue weighted by Crippen LogP contribution is -2.35. The van der Waals surface area contributed by atoms with Gasteiger partial charge in [0.25, 0.3) is 0 Å². The molecule has 0 aliphatic heterocycles. The summed E-state index contributed by atoms with van der Waals surface area (Å²) in [6, 6.07) is 6.07. The van der Waals surface area contributed by atoms with Crippen molar-refractivity contribution in [2.45, 2.75) is 46.1 Å². The second kappa shape index (κ2) is 5.53. The molecule has 0 saturated heterocycles. The summed E-state index contributed by atoms with van der Waals surface area (Å²) in [6.07, 6.45) is 1.17. The first-order chi connectivity index (χ1) is 8.20. The van der Waals surface area contributed by atoms with Crippen LogP contribution in [-0.2, 0) is 4.79 Å². The Balaban J connectivity index is 2.71. The maximum absolute atomic E-state index is 12.1. The topological polar surface area (TPSA) is 46.3 Å². The van der Waals surface area contributed by atoms with E-state index in [-0.39, 0.29) is 11.4 Å². The molecule has 1 rings (SSSR count). The van der Waals surface area contributed by atoms with Crippen molar-refractivity contribution in [1.29, 1.82) is 0 Å². The first-order valence-corrected chi connectivity index (χ1v) is 6.33. The van der Waals surface area contributed by atoms with Crippen molar-refractivity contribution in [3.63, 3.8) is 0 Å². The minimum atomic E-state index is -0.292. The van der Waals surface area contributed by atoms with Crippen LogP contribution in [0.3, 0.4) is 0 Å². The molecule has 1 aromatic carbocycles. The number of carbonyl (C=O) groups is 1. The normalized spacial score (nSPS) is 11.4. The molecule has 0 unspecified atom stereocenters. The Labute approximate surface area is 110 Å². The number of nitrogens with zero attached hydrogens (tertiary/aromatic N) is 1. The molecule has 1 amide bonds. The van der Waals surface area contributed by atoms with Gasteiger partial charge < -0.3 is 10.6 Å². The van der Waals surface area contributed by atoms with Gasteiger partial charge in [-0.05, 0) is 57.4 Å². The third kappa shape index (κ3) is 4.15. The van der Waals surface area contributed by atoms with Gasteiger partial charge in [0.1, 0.15) is 0 Å². The Morgan fingerprint density at radius 3 is 2.39 bits per heavy atom. The molecule has 0 aliphatic carbocycles. The summed E-state index contributed by atoms with van der Waals surface area (Å²) in [7, 11) is 1.82. The summed E-state index contributed by atoms with van der Waals surface area (Å²) in [5.74, 6) is 0.108. The van der Waals surface area contributed by atoms with E-state index in [0.29, 0.717) is 12.8 Å². The van der Waals surface area contributed by atoms with Crippen molar-refractivity contribution in [2.75, 3.05) is 11.9 Å². The van der Waals surface area contributed by atoms with E-state index >= 15 is 0 Å². The van der Waals surface area contributed by atoms with Gasteiger partial charge in [-0.25, -0.2) is 0 Å². The van der Waals surface area contributed by atoms with Crippen molar-refractivity contribution < 1.29 is 4.79 Å². The van der Waals surface area contributed by atoms with E-state index in [9.17, 15) is 4.79 Å². The summed E-state index contributed by atoms with van der Waals surface area (Å²) in [4.78, 5) is 13.8. The molecule has 100 valence electrons. The van der Waals surface area contributed by atoms with Crippen LogP contribution in [0, 0.1) is 13.8 Å². The number of carbonyl (C=O) groups excluding carboxylic acids is 1. The summed E-state index contributed by atoms with van der Waals surface area (Å²) in [5, 5.41) is 0. The highest BCUT2D eigenvalue weighted by atomic mass is 16.2. The van der Waals surface area contributed by atoms with Crippen LogP contribution < -0.4 is 10.6 Å². The maximum atomic E-state index is 12.1. The third-order valence-electron chi connectivity index (χ3n) is 3.24. The lowest BCUT2D eigenvalue weighted by atomic mass is 9.99. The number of amides is 1. The molecule has 0 aliphatic rings. The average molecular weight is 248 g/mol. The summed E-state index contributed by atoms with van der Waals surface area (Å²) in [6.45, 7) is 8.00. The van der Waals surface area contributed by atoms with E-state index in [1.54, 1.807) is 4.90 Å². The molecule has 0 heterocycles. The van der Waals surface area contributed by atoms with E-state index < -0.39 is 0 Å². The van der Waals surface area contributed by atoms with Crippen LogP contribution in [0.4, 0.5) is 5.69 Å². The van der Waals surface area contributed by atoms with Gasteiger partial charge in [-0.1, -0.05) is 6.07 Å². The molecule has 0 aromatic heterocycles. The molecule has 3 nitrogen and oxygen atoms in total. The largest absolute Gasteiger partial charge is 0.326 e. The molecule has 1 aromatic rings. The van der Waals surface area contributed by atoms with Crippen LogP contribution in [0.1, 0.15) is 37.8 Å². The number of nitrogens with two attached hydrogens (primary N) is 1. The van der Waals surface area contributed by atoms with Gasteiger partial charge >= 0.3 is 0 Å². The molecule has 0 saturated carbocycles. The van der Waals surface area contributed by atoms with Crippen molar-refractivity contribution in [3.05, 3.63) is 29.3 Å². The average Bonchev–Trinajstić information content (AvgIpc) is 2.27. The standard InChI is InChI=1S/C15H24N2O/c1-11-6-7-13(10-12(11)2)17(5)14(18)8-9-15(3,4)16/h6-7,10H,8-9,16H2,1-5H3. The fourth-order valence-electron chi connectivity index (χ4n) is 1.68. The van der Waals surface area contributed by atoms with Crippen molar-refractivity contribution in [1.82, 2.24) is 0 Å². The quantitative estimate of drug-likeness (QED) is 0.890. The molecule has 0 bridgehead atoms. The van der Waals surface area contributed by atoms with Gasteiger partial charge in [0.2, 0.25) is 5.91 Å². The fraction of sp³-hybridized carbons (Fsp3) is 0.533. The van der Waals surface area contributed by atoms with Gasteiger partial charge in [0, 0.05) is 24.7 Å². The molecular formula is C15H24N2O. The summed E-state index contributed by atoms with van der Waals surface area (Å²) in [5.41, 5.74) is 8.99. The predicted octanol–water partition coefficient (Wildman–Crippen LogP) is 2.78. The first-order valence-electron chi connectivity index (χ1n) is 6.33. The molecule has 0 spiro atoms. The smallest absolute Gasteiger partial charge is 0.226 e. The van der Waals surface area contributed by atoms with Gasteiger partial charge in [0.15, 0.2) is 0 Å². The maximum Gasteiger partial charge on any atom is 0.226 e. The number of anilines is 1. The highest BCUT2D eigenvalue weighted by Gasteiger charge is 2.16. The molecule has 18 heavy (non-hydrogen) atoms. The van der Waals surface area contributed by atoms with Gasteiger partial charge in [-0.15, -0.1) is 0 Å². The molecular weight excluding hydrogens is 224 g/mol. The predicted molar refractivity (Wildman–Crippen MR) is 76.8 cm³/mol. The molecule has 0 fully saturated rings. The van der Waals surface area contributed by atoms with Gasteiger partial charge in [-0.3, -0.25) is 4.79 Å². The van der Waals surface area contributed by atoms with Crippen LogP contribution in [-0.4, -0.2) is 18.5 Å². The second-order valence-corrected chi connectivity index (χ2v) is 5.71. The minimum absolute atomic E-state index is 0.108. The Morgan fingerprint density at radius 2 is 1.89 bits per heavy atom. The van der Waals surface area contributed by atoms with Crippen LogP contribution in [0.15, 0.2) is 18.2 Å². The van der Waals surface area contributed by atoms with E-state index in [4.69, 9.17) is 5.73 Å². The van der Waals surface area contributed by atoms with E-state index in [1.165, 1.54) is 11.1 Å². The van der Waals surface area contributed by atoms with Crippen molar-refractivity contribution in [2.24, 2.45) is 5.73 Å². The highest BCUT2D eigenvalue weighted by Crippen LogP contribution is 2.19. The van der Waals surface area contributed by atoms with E-state index in [1.807, 2.05) is 39.1 Å². The van der Waals surface area contributed by atoms with Crippen molar-refractivity contribution in [3.8, 4) is 0 Å². The highest BCUT2D eigenvalue weighted by molar-refractivity contribution is 5.92. The van der Waals surface area contributed by atoms with Crippen LogP contribution in [0.5, 0.6) is 0 Å². The molecule has 2 N–H and O–H groups in total. The zero-order chi connectivity index (χ0) is 13.9. The Hall–Kier alpha value is -1.35. The molecule has 3 heteroatoms. The summed E-state index contributed by atoms with van der Waals surface area (Å²) >= 11 is 0. The van der Waals surface area contributed by atoms with Gasteiger partial charge in [0.05, 0.1) is 0 Å². The van der Waals surface area contributed by atoms with Crippen LogP contribution in [0.2, 0.25) is 0 Å². The van der Waals surface area contributed by atoms with E-state index in [2.05, 4.69) is 13.8 Å². The Kier molecular flexibility index (Phi) is 4.52. The Bertz CT molecular complexity index is 433. The SMILES string of the molecule is Cc1ccc(N(C)C(=O)CCC(C)(C)N)cc1C. The zero-order valence-corrected chi connectivity index (χ0v) is 12.1. The number of hydrogen-bond donors (Lipinski definition) is 1. The van der Waals surface area contributed by atoms with Crippen LogP contribution in [0.25, 0.3) is 0 Å². The summed E-state index contributed by atoms with van der Waals surface area (Å²) < 4.78 is 0. The lowest BCUT2D eigenvalue weighted by Gasteiger charge is -2.22. The minimum Gasteiger partial charge on any atom is -0.326 e. The number of rotatable bonds is 4. The zero-order valence-electron chi connectivity index (χ0n) is 12.1. The first kappa shape index (κ1) is 14.7. The number of hydrogen-bond acceptors (Lipinski definition) is 2. The monoisotopic (exact) mass is 248 g/mol. The van der Waals surface area contributed by atoms with E-state index in [0.717, 1.165) is 5.69 Å². The second-order valence-electron chi connectivity index (χ2n) is 5.71. The number of aryl methyl sites for hydroxylation is 2. The lowest BCUT2D eigenvalue weighted by molar-refractivity contribution is -0.118. The van der Waals surface area contributed by atoms with Gasteiger partial charge in [-0.2, -0.15) is 0 Å². The number of benzene rings is 1. The fourth-order valence-corrected chi connectivity index (χ4v) is 1.68. The Morgan fingerprint density at radius 1 is 1.28 bits per heavy atom.